The first-order valence-corrected chi connectivity index (χ1v) is 8.19. The molecule has 2 rings (SSSR count). The molecule has 25 heavy (non-hydrogen) atoms. The lowest BCUT2D eigenvalue weighted by Gasteiger charge is -2.34. The summed E-state index contributed by atoms with van der Waals surface area (Å²) in [4.78, 5) is 16.0. The van der Waals surface area contributed by atoms with Gasteiger partial charge in [-0.15, -0.1) is 0 Å². The van der Waals surface area contributed by atoms with Crippen LogP contribution in [-0.4, -0.2) is 49.8 Å². The molecule has 6 nitrogen and oxygen atoms in total. The number of alkyl halides is 3. The fourth-order valence-electron chi connectivity index (χ4n) is 2.69. The predicted octanol–water partition coefficient (Wildman–Crippen LogP) is 1.79. The number of hydrogen-bond donors (Lipinski definition) is 3. The Kier molecular flexibility index (Phi) is 6.60. The number of piperidine rings is 1. The molecule has 1 aliphatic heterocycles. The van der Waals surface area contributed by atoms with Crippen molar-refractivity contribution in [3.8, 4) is 0 Å². The summed E-state index contributed by atoms with van der Waals surface area (Å²) in [7, 11) is 1.54. The summed E-state index contributed by atoms with van der Waals surface area (Å²) in [6.07, 6.45) is -1.72. The summed E-state index contributed by atoms with van der Waals surface area (Å²) < 4.78 is 42.8. The van der Waals surface area contributed by atoms with E-state index in [2.05, 4.69) is 20.9 Å². The second-order valence-corrected chi connectivity index (χ2v) is 5.91. The Morgan fingerprint density at radius 3 is 2.60 bits per heavy atom. The van der Waals surface area contributed by atoms with Crippen LogP contribution < -0.4 is 16.0 Å². The van der Waals surface area contributed by atoms with E-state index in [-0.39, 0.29) is 5.91 Å². The molecule has 3 N–H and O–H groups in total. The molecule has 0 aliphatic carbocycles. The van der Waals surface area contributed by atoms with Crippen LogP contribution in [0.5, 0.6) is 0 Å². The van der Waals surface area contributed by atoms with Gasteiger partial charge in [-0.3, -0.25) is 4.79 Å². The summed E-state index contributed by atoms with van der Waals surface area (Å²) in [5.41, 5.74) is -1.55. The topological polar surface area (TPSA) is 75.3 Å². The maximum Gasteiger partial charge on any atom is 0.417 e. The van der Waals surface area contributed by atoms with E-state index in [1.165, 1.54) is 6.07 Å². The minimum atomic E-state index is -4.39. The third-order valence-corrected chi connectivity index (χ3v) is 4.25. The van der Waals surface area contributed by atoms with Gasteiger partial charge in [-0.2, -0.15) is 13.2 Å². The van der Waals surface area contributed by atoms with Crippen LogP contribution in [0.4, 0.5) is 19.0 Å². The fourth-order valence-corrected chi connectivity index (χ4v) is 2.69. The van der Waals surface area contributed by atoms with Crippen molar-refractivity contribution < 1.29 is 22.7 Å². The number of rotatable bonds is 7. The van der Waals surface area contributed by atoms with Crippen LogP contribution in [0, 0.1) is 0 Å². The SMILES string of the molecule is COC1(C(=O)NCCCNc2ccc(C(F)(F)F)cn2)CCNCC1. The molecule has 1 amide bonds. The van der Waals surface area contributed by atoms with Crippen molar-refractivity contribution in [3.63, 3.8) is 0 Å². The van der Waals surface area contributed by atoms with Crippen molar-refractivity contribution in [2.24, 2.45) is 0 Å². The zero-order chi connectivity index (χ0) is 18.3. The number of aromatic nitrogens is 1. The maximum absolute atomic E-state index is 12.4. The van der Waals surface area contributed by atoms with Gasteiger partial charge in [-0.05, 0) is 44.5 Å². The van der Waals surface area contributed by atoms with Crippen molar-refractivity contribution in [2.75, 3.05) is 38.6 Å². The van der Waals surface area contributed by atoms with Gasteiger partial charge < -0.3 is 20.7 Å². The number of amides is 1. The molecule has 0 radical (unpaired) electrons. The molecule has 2 heterocycles. The minimum absolute atomic E-state index is 0.121. The molecule has 1 fully saturated rings. The van der Waals surface area contributed by atoms with Gasteiger partial charge in [0.2, 0.25) is 0 Å². The van der Waals surface area contributed by atoms with Crippen molar-refractivity contribution in [1.82, 2.24) is 15.6 Å². The van der Waals surface area contributed by atoms with Crippen molar-refractivity contribution in [1.29, 1.82) is 0 Å². The molecule has 0 unspecified atom stereocenters. The van der Waals surface area contributed by atoms with E-state index in [0.29, 0.717) is 38.2 Å². The summed E-state index contributed by atoms with van der Waals surface area (Å²) in [6, 6.07) is 2.27. The molecule has 1 aromatic heterocycles. The molecule has 140 valence electrons. The smallest absolute Gasteiger partial charge is 0.370 e. The average molecular weight is 360 g/mol. The van der Waals surface area contributed by atoms with E-state index < -0.39 is 17.3 Å². The number of nitrogens with zero attached hydrogens (tertiary/aromatic N) is 1. The van der Waals surface area contributed by atoms with Crippen LogP contribution in [0.1, 0.15) is 24.8 Å². The molecule has 0 saturated carbocycles. The summed E-state index contributed by atoms with van der Waals surface area (Å²) in [5, 5.41) is 8.98. The Hall–Kier alpha value is -1.87. The Morgan fingerprint density at radius 2 is 2.04 bits per heavy atom. The second kappa shape index (κ2) is 8.48. The van der Waals surface area contributed by atoms with E-state index in [1.54, 1.807) is 7.11 Å². The lowest BCUT2D eigenvalue weighted by atomic mass is 9.91. The van der Waals surface area contributed by atoms with Crippen LogP contribution in [0.2, 0.25) is 0 Å². The highest BCUT2D eigenvalue weighted by Gasteiger charge is 2.39. The second-order valence-electron chi connectivity index (χ2n) is 5.91. The van der Waals surface area contributed by atoms with Crippen LogP contribution in [0.15, 0.2) is 18.3 Å². The van der Waals surface area contributed by atoms with E-state index in [1.807, 2.05) is 0 Å². The minimum Gasteiger partial charge on any atom is -0.370 e. The third kappa shape index (κ3) is 5.30. The van der Waals surface area contributed by atoms with Gasteiger partial charge in [0, 0.05) is 26.4 Å². The number of pyridine rings is 1. The summed E-state index contributed by atoms with van der Waals surface area (Å²) >= 11 is 0. The van der Waals surface area contributed by atoms with Crippen molar-refractivity contribution >= 4 is 11.7 Å². The van der Waals surface area contributed by atoms with Crippen LogP contribution in [-0.2, 0) is 15.7 Å². The van der Waals surface area contributed by atoms with Gasteiger partial charge in [0.25, 0.3) is 5.91 Å². The molecule has 0 bridgehead atoms. The Balaban J connectivity index is 1.70. The van der Waals surface area contributed by atoms with Gasteiger partial charge in [0.05, 0.1) is 5.56 Å². The standard InChI is InChI=1S/C16H23F3N4O2/c1-25-15(5-9-20-10-6-15)14(24)22-8-2-7-21-13-4-3-12(11-23-13)16(17,18)19/h3-4,11,20H,2,5-10H2,1H3,(H,21,23)(H,22,24). The highest BCUT2D eigenvalue weighted by molar-refractivity contribution is 5.85. The normalized spacial score (nSPS) is 17.1. The molecule has 9 heteroatoms. The number of methoxy groups -OCH3 is 1. The molecular weight excluding hydrogens is 337 g/mol. The molecule has 0 aromatic carbocycles. The first kappa shape index (κ1) is 19.5. The number of hydrogen-bond acceptors (Lipinski definition) is 5. The lowest BCUT2D eigenvalue weighted by Crippen LogP contribution is -2.54. The van der Waals surface area contributed by atoms with Gasteiger partial charge in [0.1, 0.15) is 11.4 Å². The van der Waals surface area contributed by atoms with Crippen LogP contribution >= 0.6 is 0 Å². The van der Waals surface area contributed by atoms with Crippen LogP contribution in [0.3, 0.4) is 0 Å². The Bertz CT molecular complexity index is 557. The molecule has 1 aliphatic rings. The highest BCUT2D eigenvalue weighted by Crippen LogP contribution is 2.28. The summed E-state index contributed by atoms with van der Waals surface area (Å²) in [6.45, 7) is 2.41. The molecule has 0 atom stereocenters. The number of anilines is 1. The first-order valence-electron chi connectivity index (χ1n) is 8.19. The number of ether oxygens (including phenoxy) is 1. The van der Waals surface area contributed by atoms with E-state index in [0.717, 1.165) is 25.4 Å². The molecule has 1 aromatic rings. The van der Waals surface area contributed by atoms with Crippen molar-refractivity contribution in [3.05, 3.63) is 23.9 Å². The molecular formula is C16H23F3N4O2. The molecule has 0 spiro atoms. The monoisotopic (exact) mass is 360 g/mol. The summed E-state index contributed by atoms with van der Waals surface area (Å²) in [5.74, 6) is 0.246. The third-order valence-electron chi connectivity index (χ3n) is 4.25. The Morgan fingerprint density at radius 1 is 1.32 bits per heavy atom. The predicted molar refractivity (Wildman–Crippen MR) is 87.2 cm³/mol. The van der Waals surface area contributed by atoms with Gasteiger partial charge >= 0.3 is 6.18 Å². The highest BCUT2D eigenvalue weighted by atomic mass is 19.4. The fraction of sp³-hybridized carbons (Fsp3) is 0.625. The average Bonchev–Trinajstić information content (AvgIpc) is 2.61. The zero-order valence-electron chi connectivity index (χ0n) is 14.1. The van der Waals surface area contributed by atoms with Gasteiger partial charge in [-0.25, -0.2) is 4.98 Å². The zero-order valence-corrected chi connectivity index (χ0v) is 14.1. The van der Waals surface area contributed by atoms with Gasteiger partial charge in [0.15, 0.2) is 0 Å². The number of carbonyl (C=O) groups excluding carboxylic acids is 1. The quantitative estimate of drug-likeness (QED) is 0.647. The van der Waals surface area contributed by atoms with Crippen molar-refractivity contribution in [2.45, 2.75) is 31.0 Å². The maximum atomic E-state index is 12.4. The van der Waals surface area contributed by atoms with E-state index in [9.17, 15) is 18.0 Å². The van der Waals surface area contributed by atoms with Gasteiger partial charge in [-0.1, -0.05) is 0 Å². The van der Waals surface area contributed by atoms with E-state index >= 15 is 0 Å². The molecule has 1 saturated heterocycles. The van der Waals surface area contributed by atoms with Crippen LogP contribution in [0.25, 0.3) is 0 Å². The lowest BCUT2D eigenvalue weighted by molar-refractivity contribution is -0.146. The van der Waals surface area contributed by atoms with E-state index in [4.69, 9.17) is 4.74 Å². The first-order chi connectivity index (χ1) is 11.9. The number of halogens is 3. The number of carbonyl (C=O) groups is 1. The largest absolute Gasteiger partial charge is 0.417 e. The Labute approximate surface area is 144 Å². The number of nitrogens with one attached hydrogen (secondary N) is 3.